The number of nitrogens with one attached hydrogen (secondary N) is 2. The molecular formula is C21H34IN5O. The zero-order chi connectivity index (χ0) is 19.8. The first kappa shape index (κ1) is 24.4. The van der Waals surface area contributed by atoms with Gasteiger partial charge in [-0.05, 0) is 25.8 Å². The van der Waals surface area contributed by atoms with Gasteiger partial charge in [-0.25, -0.2) is 4.99 Å². The minimum atomic E-state index is -0.0167. The second kappa shape index (κ2) is 12.1. The highest BCUT2D eigenvalue weighted by molar-refractivity contribution is 14.0. The normalized spacial score (nSPS) is 19.6. The molecule has 0 spiro atoms. The Morgan fingerprint density at radius 2 is 2.00 bits per heavy atom. The van der Waals surface area contributed by atoms with E-state index in [1.165, 1.54) is 5.56 Å². The van der Waals surface area contributed by atoms with Crippen molar-refractivity contribution in [3.05, 3.63) is 48.0 Å². The maximum atomic E-state index is 11.9. The van der Waals surface area contributed by atoms with Crippen molar-refractivity contribution in [2.75, 3.05) is 33.7 Å². The molecule has 2 N–H and O–H groups in total. The van der Waals surface area contributed by atoms with Gasteiger partial charge in [0.25, 0.3) is 0 Å². The van der Waals surface area contributed by atoms with Crippen molar-refractivity contribution >= 4 is 35.8 Å². The Morgan fingerprint density at radius 1 is 1.32 bits per heavy atom. The van der Waals surface area contributed by atoms with Crippen LogP contribution in [0.3, 0.4) is 0 Å². The summed E-state index contributed by atoms with van der Waals surface area (Å²) in [6.45, 7) is 10.8. The lowest BCUT2D eigenvalue weighted by Crippen LogP contribution is -2.45. The van der Waals surface area contributed by atoms with Crippen molar-refractivity contribution in [1.29, 1.82) is 0 Å². The van der Waals surface area contributed by atoms with Gasteiger partial charge in [-0.3, -0.25) is 9.69 Å². The number of hydrogen-bond acceptors (Lipinski definition) is 3. The van der Waals surface area contributed by atoms with Crippen LogP contribution < -0.4 is 10.6 Å². The van der Waals surface area contributed by atoms with E-state index in [2.05, 4.69) is 58.3 Å². The Kier molecular flexibility index (Phi) is 10.5. The molecule has 0 saturated carbocycles. The number of carbonyl (C=O) groups excluding carboxylic acids is 1. The number of likely N-dealkylation sites (N-methyl/N-ethyl adjacent to an activating group) is 1. The van der Waals surface area contributed by atoms with Crippen LogP contribution in [0.2, 0.25) is 0 Å². The largest absolute Gasteiger partial charge is 0.353 e. The first-order chi connectivity index (χ1) is 12.8. The van der Waals surface area contributed by atoms with E-state index >= 15 is 0 Å². The first-order valence-electron chi connectivity index (χ1n) is 9.52. The Hall–Kier alpha value is -1.61. The van der Waals surface area contributed by atoms with E-state index in [1.807, 2.05) is 13.0 Å². The summed E-state index contributed by atoms with van der Waals surface area (Å²) in [5.41, 5.74) is 2.35. The molecule has 2 unspecified atom stereocenters. The fraction of sp³-hybridized carbons (Fsp3) is 0.524. The number of amides is 1. The second-order valence-electron chi connectivity index (χ2n) is 7.60. The highest BCUT2D eigenvalue weighted by atomic mass is 127. The molecule has 2 rings (SSSR count). The van der Waals surface area contributed by atoms with Crippen LogP contribution in [0.15, 0.2) is 47.5 Å². The fourth-order valence-electron chi connectivity index (χ4n) is 3.11. The highest BCUT2D eigenvalue weighted by Gasteiger charge is 2.29. The number of carbonyl (C=O) groups is 1. The van der Waals surface area contributed by atoms with Gasteiger partial charge in [-0.2, -0.15) is 0 Å². The lowest BCUT2D eigenvalue weighted by molar-refractivity contribution is -0.127. The van der Waals surface area contributed by atoms with E-state index < -0.39 is 0 Å². The summed E-state index contributed by atoms with van der Waals surface area (Å²) in [7, 11) is 3.48. The van der Waals surface area contributed by atoms with Gasteiger partial charge in [-0.15, -0.1) is 24.0 Å². The lowest BCUT2D eigenvalue weighted by Gasteiger charge is -2.21. The van der Waals surface area contributed by atoms with Crippen LogP contribution in [-0.2, 0) is 11.3 Å². The third-order valence-electron chi connectivity index (χ3n) is 4.70. The SMILES string of the molecule is C=C(C)CNC(=NCC(=O)N(C)C)NC1CC(C)N(Cc2ccccc2)C1.I. The topological polar surface area (TPSA) is 60.0 Å². The molecule has 1 amide bonds. The van der Waals surface area contributed by atoms with Crippen molar-refractivity contribution in [1.82, 2.24) is 20.4 Å². The number of nitrogens with zero attached hydrogens (tertiary/aromatic N) is 3. The molecule has 0 aromatic heterocycles. The van der Waals surface area contributed by atoms with Gasteiger partial charge >= 0.3 is 0 Å². The van der Waals surface area contributed by atoms with Gasteiger partial charge in [0.05, 0.1) is 0 Å². The van der Waals surface area contributed by atoms with Crippen LogP contribution in [0, 0.1) is 0 Å². The summed E-state index contributed by atoms with van der Waals surface area (Å²) in [5, 5.41) is 6.77. The minimum Gasteiger partial charge on any atom is -0.353 e. The number of rotatable bonds is 7. The molecular weight excluding hydrogens is 465 g/mol. The summed E-state index contributed by atoms with van der Waals surface area (Å²) < 4.78 is 0. The number of likely N-dealkylation sites (tertiary alicyclic amines) is 1. The summed E-state index contributed by atoms with van der Waals surface area (Å²) in [6.07, 6.45) is 1.04. The number of halogens is 1. The Bertz CT molecular complexity index is 662. The van der Waals surface area contributed by atoms with Crippen molar-refractivity contribution in [2.45, 2.75) is 38.9 Å². The van der Waals surface area contributed by atoms with Crippen molar-refractivity contribution in [2.24, 2.45) is 4.99 Å². The van der Waals surface area contributed by atoms with Gasteiger partial charge in [0, 0.05) is 45.8 Å². The van der Waals surface area contributed by atoms with Crippen molar-refractivity contribution in [3.63, 3.8) is 0 Å². The molecule has 1 fully saturated rings. The van der Waals surface area contributed by atoms with Gasteiger partial charge in [-0.1, -0.05) is 42.5 Å². The zero-order valence-electron chi connectivity index (χ0n) is 17.4. The van der Waals surface area contributed by atoms with Crippen LogP contribution in [0.1, 0.15) is 25.8 Å². The van der Waals surface area contributed by atoms with E-state index in [-0.39, 0.29) is 36.4 Å². The van der Waals surface area contributed by atoms with Crippen LogP contribution >= 0.6 is 24.0 Å². The number of benzene rings is 1. The summed E-state index contributed by atoms with van der Waals surface area (Å²) >= 11 is 0. The first-order valence-corrected chi connectivity index (χ1v) is 9.52. The predicted molar refractivity (Wildman–Crippen MR) is 127 cm³/mol. The Morgan fingerprint density at radius 3 is 2.61 bits per heavy atom. The Balaban J connectivity index is 0.00000392. The van der Waals surface area contributed by atoms with Crippen LogP contribution in [0.5, 0.6) is 0 Å². The monoisotopic (exact) mass is 499 g/mol. The van der Waals surface area contributed by atoms with E-state index in [1.54, 1.807) is 19.0 Å². The summed E-state index contributed by atoms with van der Waals surface area (Å²) in [4.78, 5) is 20.4. The van der Waals surface area contributed by atoms with E-state index in [0.717, 1.165) is 25.1 Å². The molecule has 1 aliphatic rings. The molecule has 0 aliphatic carbocycles. The molecule has 1 aromatic rings. The summed E-state index contributed by atoms with van der Waals surface area (Å²) in [5.74, 6) is 0.656. The average Bonchev–Trinajstić information content (AvgIpc) is 2.96. The number of guanidine groups is 1. The van der Waals surface area contributed by atoms with Gasteiger partial charge in [0.1, 0.15) is 6.54 Å². The zero-order valence-corrected chi connectivity index (χ0v) is 19.8. The minimum absolute atomic E-state index is 0. The Labute approximate surface area is 186 Å². The molecule has 156 valence electrons. The molecule has 1 aromatic carbocycles. The van der Waals surface area contributed by atoms with Crippen LogP contribution in [-0.4, -0.2) is 67.5 Å². The number of hydrogen-bond donors (Lipinski definition) is 2. The molecule has 1 heterocycles. The molecule has 1 saturated heterocycles. The predicted octanol–water partition coefficient (Wildman–Crippen LogP) is 2.47. The van der Waals surface area contributed by atoms with E-state index in [0.29, 0.717) is 24.6 Å². The smallest absolute Gasteiger partial charge is 0.243 e. The van der Waals surface area contributed by atoms with Gasteiger partial charge in [0.15, 0.2) is 5.96 Å². The molecule has 0 radical (unpaired) electrons. The van der Waals surface area contributed by atoms with Gasteiger partial charge in [0.2, 0.25) is 5.91 Å². The molecule has 2 atom stereocenters. The van der Waals surface area contributed by atoms with Gasteiger partial charge < -0.3 is 15.5 Å². The number of aliphatic imine (C=N–C) groups is 1. The molecule has 28 heavy (non-hydrogen) atoms. The molecule has 1 aliphatic heterocycles. The highest BCUT2D eigenvalue weighted by Crippen LogP contribution is 2.20. The third kappa shape index (κ3) is 8.18. The molecule has 6 nitrogen and oxygen atoms in total. The standard InChI is InChI=1S/C21H33N5O.HI/c1-16(2)12-22-21(23-13-20(27)25(4)5)24-19-11-17(3)26(15-19)14-18-9-7-6-8-10-18;/h6-10,17,19H,1,11-15H2,2-5H3,(H2,22,23,24);1H. The van der Waals surface area contributed by atoms with E-state index in [4.69, 9.17) is 0 Å². The third-order valence-corrected chi connectivity index (χ3v) is 4.70. The average molecular weight is 499 g/mol. The maximum absolute atomic E-state index is 11.9. The van der Waals surface area contributed by atoms with Crippen LogP contribution in [0.25, 0.3) is 0 Å². The maximum Gasteiger partial charge on any atom is 0.243 e. The molecule has 7 heteroatoms. The lowest BCUT2D eigenvalue weighted by atomic mass is 10.2. The van der Waals surface area contributed by atoms with Crippen LogP contribution in [0.4, 0.5) is 0 Å². The van der Waals surface area contributed by atoms with Crippen molar-refractivity contribution in [3.8, 4) is 0 Å². The van der Waals surface area contributed by atoms with Crippen molar-refractivity contribution < 1.29 is 4.79 Å². The molecule has 0 bridgehead atoms. The van der Waals surface area contributed by atoms with E-state index in [9.17, 15) is 4.79 Å². The second-order valence-corrected chi connectivity index (χ2v) is 7.60. The summed E-state index contributed by atoms with van der Waals surface area (Å²) in [6, 6.07) is 11.3. The quantitative estimate of drug-likeness (QED) is 0.262. The fourth-order valence-corrected chi connectivity index (χ4v) is 3.11.